The normalized spacial score (nSPS) is 11.0. The highest BCUT2D eigenvalue weighted by atomic mass is 35.5. The molecule has 3 aromatic rings. The van der Waals surface area contributed by atoms with Crippen LogP contribution in [0.25, 0.3) is 0 Å². The van der Waals surface area contributed by atoms with Crippen molar-refractivity contribution in [2.75, 3.05) is 10.6 Å². The summed E-state index contributed by atoms with van der Waals surface area (Å²) >= 11 is 5.79. The summed E-state index contributed by atoms with van der Waals surface area (Å²) in [7, 11) is 0. The number of rotatable bonds is 5. The maximum absolute atomic E-state index is 12.6. The van der Waals surface area contributed by atoms with Gasteiger partial charge < -0.3 is 21.6 Å². The first-order valence-corrected chi connectivity index (χ1v) is 8.77. The van der Waals surface area contributed by atoms with E-state index in [0.29, 0.717) is 27.7 Å². The predicted octanol–water partition coefficient (Wildman–Crippen LogP) is 3.33. The summed E-state index contributed by atoms with van der Waals surface area (Å²) in [6, 6.07) is 15.9. The topological polar surface area (TPSA) is 130 Å². The van der Waals surface area contributed by atoms with E-state index in [-0.39, 0.29) is 11.4 Å². The van der Waals surface area contributed by atoms with Gasteiger partial charge in [0.2, 0.25) is 0 Å². The molecule has 9 heteroatoms. The number of carbonyl (C=O) groups excluding carboxylic acids is 2. The molecule has 2 aromatic carbocycles. The van der Waals surface area contributed by atoms with E-state index in [9.17, 15) is 9.59 Å². The number of aromatic nitrogens is 1. The summed E-state index contributed by atoms with van der Waals surface area (Å²) in [5.41, 5.74) is 6.93. The fourth-order valence-corrected chi connectivity index (χ4v) is 2.58. The molecule has 0 bridgehead atoms. The molecule has 146 valence electrons. The Morgan fingerprint density at radius 1 is 0.931 bits per heavy atom. The van der Waals surface area contributed by atoms with E-state index in [1.807, 2.05) is 0 Å². The smallest absolute Gasteiger partial charge is 0.258 e. The number of nitrogens with one attached hydrogen (secondary N) is 2. The van der Waals surface area contributed by atoms with Gasteiger partial charge in [-0.15, -0.1) is 0 Å². The van der Waals surface area contributed by atoms with E-state index >= 15 is 0 Å². The molecule has 0 atom stereocenters. The second-order valence-electron chi connectivity index (χ2n) is 5.88. The molecule has 0 unspecified atom stereocenters. The molecule has 2 amide bonds. The quantitative estimate of drug-likeness (QED) is 0.222. The molecule has 1 heterocycles. The van der Waals surface area contributed by atoms with Crippen LogP contribution in [0.5, 0.6) is 0 Å². The summed E-state index contributed by atoms with van der Waals surface area (Å²) in [5.74, 6) is -0.576. The summed E-state index contributed by atoms with van der Waals surface area (Å²) in [4.78, 5) is 29.2. The lowest BCUT2D eigenvalue weighted by atomic mass is 10.1. The molecule has 3 rings (SSSR count). The number of oxime groups is 1. The van der Waals surface area contributed by atoms with Gasteiger partial charge >= 0.3 is 0 Å². The number of benzene rings is 2. The molecule has 0 saturated carbocycles. The number of carbonyl (C=O) groups is 2. The number of hydrogen-bond acceptors (Lipinski definition) is 5. The number of amides is 2. The van der Waals surface area contributed by atoms with Crippen LogP contribution >= 0.6 is 11.6 Å². The van der Waals surface area contributed by atoms with Crippen LogP contribution in [0.2, 0.25) is 5.02 Å². The van der Waals surface area contributed by atoms with Gasteiger partial charge in [0.25, 0.3) is 11.8 Å². The van der Waals surface area contributed by atoms with Crippen LogP contribution in [0.3, 0.4) is 0 Å². The Balaban J connectivity index is 1.77. The minimum atomic E-state index is -0.432. The van der Waals surface area contributed by atoms with Crippen LogP contribution in [0, 0.1) is 0 Å². The average Bonchev–Trinajstić information content (AvgIpc) is 2.75. The molecule has 0 fully saturated rings. The maximum atomic E-state index is 12.6. The predicted molar refractivity (Wildman–Crippen MR) is 111 cm³/mol. The van der Waals surface area contributed by atoms with Gasteiger partial charge in [-0.2, -0.15) is 0 Å². The number of para-hydroxylation sites is 1. The van der Waals surface area contributed by atoms with Gasteiger partial charge in [-0.05, 0) is 36.4 Å². The van der Waals surface area contributed by atoms with Gasteiger partial charge in [0.05, 0.1) is 16.3 Å². The number of nitrogens with two attached hydrogens (primary N) is 1. The Hall–Kier alpha value is -3.91. The molecule has 0 aliphatic rings. The van der Waals surface area contributed by atoms with Gasteiger partial charge in [0.1, 0.15) is 5.82 Å². The van der Waals surface area contributed by atoms with Crippen molar-refractivity contribution in [1.82, 2.24) is 4.98 Å². The zero-order valence-electron chi connectivity index (χ0n) is 15.0. The lowest BCUT2D eigenvalue weighted by Crippen LogP contribution is -2.19. The van der Waals surface area contributed by atoms with Gasteiger partial charge in [-0.1, -0.05) is 41.0 Å². The Bertz CT molecular complexity index is 1070. The molecule has 1 aromatic heterocycles. The van der Waals surface area contributed by atoms with Crippen molar-refractivity contribution in [1.29, 1.82) is 0 Å². The Labute approximate surface area is 171 Å². The lowest BCUT2D eigenvalue weighted by molar-refractivity contribution is 0.102. The van der Waals surface area contributed by atoms with Gasteiger partial charge in [0.15, 0.2) is 5.84 Å². The maximum Gasteiger partial charge on any atom is 0.258 e. The third-order valence-electron chi connectivity index (χ3n) is 3.94. The summed E-state index contributed by atoms with van der Waals surface area (Å²) in [6.07, 6.45) is 1.42. The third-order valence-corrected chi connectivity index (χ3v) is 4.16. The van der Waals surface area contributed by atoms with E-state index in [4.69, 9.17) is 22.5 Å². The van der Waals surface area contributed by atoms with E-state index < -0.39 is 11.8 Å². The van der Waals surface area contributed by atoms with Crippen molar-refractivity contribution in [3.63, 3.8) is 0 Å². The molecule has 0 spiro atoms. The lowest BCUT2D eigenvalue weighted by Gasteiger charge is -2.11. The molecule has 0 aliphatic carbocycles. The highest BCUT2D eigenvalue weighted by Gasteiger charge is 2.15. The molecular weight excluding hydrogens is 394 g/mol. The van der Waals surface area contributed by atoms with E-state index in [1.54, 1.807) is 48.5 Å². The van der Waals surface area contributed by atoms with Crippen LogP contribution in [0.1, 0.15) is 26.3 Å². The SMILES string of the molecule is N/C(=N\O)c1ccc(C(=O)Nc2ccccc2C(=O)Nc2ccc(Cl)cn2)cc1. The number of pyridine rings is 1. The van der Waals surface area contributed by atoms with Crippen LogP contribution in [-0.2, 0) is 0 Å². The van der Waals surface area contributed by atoms with Gasteiger partial charge in [-0.3, -0.25) is 9.59 Å². The Morgan fingerprint density at radius 3 is 2.28 bits per heavy atom. The Morgan fingerprint density at radius 2 is 1.62 bits per heavy atom. The first kappa shape index (κ1) is 19.8. The summed E-state index contributed by atoms with van der Waals surface area (Å²) < 4.78 is 0. The van der Waals surface area contributed by atoms with E-state index in [2.05, 4.69) is 20.8 Å². The van der Waals surface area contributed by atoms with Crippen molar-refractivity contribution >= 4 is 40.8 Å². The molecule has 5 N–H and O–H groups in total. The van der Waals surface area contributed by atoms with Crippen molar-refractivity contribution in [2.24, 2.45) is 10.9 Å². The molecule has 8 nitrogen and oxygen atoms in total. The number of halogens is 1. The van der Waals surface area contributed by atoms with Crippen molar-refractivity contribution in [2.45, 2.75) is 0 Å². The number of amidine groups is 1. The van der Waals surface area contributed by atoms with Crippen molar-refractivity contribution in [3.05, 3.63) is 88.6 Å². The second-order valence-corrected chi connectivity index (χ2v) is 6.31. The van der Waals surface area contributed by atoms with Crippen LogP contribution in [-0.4, -0.2) is 27.8 Å². The minimum Gasteiger partial charge on any atom is -0.409 e. The zero-order chi connectivity index (χ0) is 20.8. The first-order valence-electron chi connectivity index (χ1n) is 8.39. The standard InChI is InChI=1S/C20H16ClN5O3/c21-14-9-10-17(23-11-14)25-20(28)15-3-1-2-4-16(15)24-19(27)13-7-5-12(6-8-13)18(22)26-29/h1-11,29H,(H2,22,26)(H,24,27)(H,23,25,28). The monoisotopic (exact) mass is 409 g/mol. The largest absolute Gasteiger partial charge is 0.409 e. The highest BCUT2D eigenvalue weighted by Crippen LogP contribution is 2.19. The van der Waals surface area contributed by atoms with Crippen molar-refractivity contribution in [3.8, 4) is 0 Å². The zero-order valence-corrected chi connectivity index (χ0v) is 15.7. The summed E-state index contributed by atoms with van der Waals surface area (Å²) in [5, 5.41) is 17.4. The third kappa shape index (κ3) is 4.88. The van der Waals surface area contributed by atoms with Gasteiger partial charge in [-0.25, -0.2) is 4.98 Å². The van der Waals surface area contributed by atoms with E-state index in [1.165, 1.54) is 18.3 Å². The average molecular weight is 410 g/mol. The fourth-order valence-electron chi connectivity index (χ4n) is 2.47. The van der Waals surface area contributed by atoms with Crippen LogP contribution in [0.4, 0.5) is 11.5 Å². The number of nitrogens with zero attached hydrogens (tertiary/aromatic N) is 2. The van der Waals surface area contributed by atoms with Crippen LogP contribution < -0.4 is 16.4 Å². The first-order chi connectivity index (χ1) is 14.0. The van der Waals surface area contributed by atoms with E-state index in [0.717, 1.165) is 0 Å². The minimum absolute atomic E-state index is 0.0604. The fraction of sp³-hybridized carbons (Fsp3) is 0. The molecule has 29 heavy (non-hydrogen) atoms. The van der Waals surface area contributed by atoms with Crippen LogP contribution in [0.15, 0.2) is 72.0 Å². The Kier molecular flexibility index (Phi) is 6.06. The van der Waals surface area contributed by atoms with Gasteiger partial charge in [0, 0.05) is 17.3 Å². The highest BCUT2D eigenvalue weighted by molar-refractivity contribution is 6.30. The molecule has 0 aliphatic heterocycles. The number of hydrogen-bond donors (Lipinski definition) is 4. The van der Waals surface area contributed by atoms with Crippen molar-refractivity contribution < 1.29 is 14.8 Å². The number of anilines is 2. The molecular formula is C20H16ClN5O3. The molecule has 0 saturated heterocycles. The molecule has 0 radical (unpaired) electrons. The summed E-state index contributed by atoms with van der Waals surface area (Å²) in [6.45, 7) is 0. The second kappa shape index (κ2) is 8.85.